The van der Waals surface area contributed by atoms with Gasteiger partial charge >= 0.3 is 0 Å². The summed E-state index contributed by atoms with van der Waals surface area (Å²) in [5.74, 6) is 4.36. The highest BCUT2D eigenvalue weighted by atomic mass is 16.5. The molecule has 0 amide bonds. The van der Waals surface area contributed by atoms with Crippen molar-refractivity contribution >= 4 is 6.29 Å². The monoisotopic (exact) mass is 338 g/mol. The molecule has 2 heteroatoms. The van der Waals surface area contributed by atoms with Crippen LogP contribution in [-0.4, -0.2) is 13.4 Å². The van der Waals surface area contributed by atoms with Crippen LogP contribution in [0.25, 0.3) is 0 Å². The number of carbonyl (C=O) groups excluding carboxylic acids is 1. The first-order chi connectivity index (χ1) is 12.1. The van der Waals surface area contributed by atoms with Crippen LogP contribution in [0.3, 0.4) is 0 Å². The first kappa shape index (κ1) is 15.9. The normalized spacial score (nSPS) is 46.4. The fourth-order valence-electron chi connectivity index (χ4n) is 7.81. The van der Waals surface area contributed by atoms with Gasteiger partial charge in [0.15, 0.2) is 0 Å². The Kier molecular flexibility index (Phi) is 3.25. The van der Waals surface area contributed by atoms with Crippen molar-refractivity contribution in [2.75, 3.05) is 7.11 Å². The van der Waals surface area contributed by atoms with Crippen molar-refractivity contribution in [1.29, 1.82) is 0 Å². The lowest BCUT2D eigenvalue weighted by Crippen LogP contribution is -2.49. The third-order valence-electron chi connectivity index (χ3n) is 9.00. The maximum atomic E-state index is 11.8. The number of methoxy groups -OCH3 is 1. The van der Waals surface area contributed by atoms with Crippen LogP contribution < -0.4 is 4.74 Å². The van der Waals surface area contributed by atoms with Crippen molar-refractivity contribution in [3.8, 4) is 5.75 Å². The molecule has 0 aromatic heterocycles. The Hall–Kier alpha value is -1.31. The number of ether oxygens (including phenoxy) is 1. The molecule has 3 saturated carbocycles. The summed E-state index contributed by atoms with van der Waals surface area (Å²) in [6.45, 7) is 4.84. The van der Waals surface area contributed by atoms with E-state index >= 15 is 0 Å². The molecule has 0 bridgehead atoms. The second-order valence-corrected chi connectivity index (χ2v) is 9.45. The number of rotatable bonds is 3. The molecule has 2 nitrogen and oxygen atoms in total. The van der Waals surface area contributed by atoms with E-state index in [0.29, 0.717) is 17.3 Å². The molecule has 5 rings (SSSR count). The lowest BCUT2D eigenvalue weighted by Gasteiger charge is -2.55. The molecule has 1 spiro atoms. The molecule has 0 saturated heterocycles. The van der Waals surface area contributed by atoms with Gasteiger partial charge in [-0.1, -0.05) is 26.3 Å². The van der Waals surface area contributed by atoms with Crippen molar-refractivity contribution in [2.24, 2.45) is 34.5 Å². The van der Waals surface area contributed by atoms with Crippen molar-refractivity contribution in [1.82, 2.24) is 0 Å². The highest BCUT2D eigenvalue weighted by Crippen LogP contribution is 2.83. The summed E-state index contributed by atoms with van der Waals surface area (Å²) in [6, 6.07) is 6.79. The molecule has 0 radical (unpaired) electrons. The quantitative estimate of drug-likeness (QED) is 0.725. The van der Waals surface area contributed by atoms with E-state index in [1.807, 2.05) is 0 Å². The zero-order valence-electron chi connectivity index (χ0n) is 15.8. The summed E-state index contributed by atoms with van der Waals surface area (Å²) in [5, 5.41) is 0. The van der Waals surface area contributed by atoms with E-state index in [2.05, 4.69) is 32.0 Å². The topological polar surface area (TPSA) is 26.3 Å². The van der Waals surface area contributed by atoms with Gasteiger partial charge < -0.3 is 9.53 Å². The molecular weight excluding hydrogens is 308 g/mol. The minimum Gasteiger partial charge on any atom is -0.497 e. The summed E-state index contributed by atoms with van der Waals surface area (Å²) in [6.07, 6.45) is 8.79. The molecule has 7 atom stereocenters. The Morgan fingerprint density at radius 1 is 1.36 bits per heavy atom. The van der Waals surface area contributed by atoms with Gasteiger partial charge in [-0.3, -0.25) is 0 Å². The molecule has 0 unspecified atom stereocenters. The van der Waals surface area contributed by atoms with E-state index in [0.717, 1.165) is 29.9 Å². The fourth-order valence-corrected chi connectivity index (χ4v) is 7.81. The summed E-state index contributed by atoms with van der Waals surface area (Å²) in [7, 11) is 1.77. The van der Waals surface area contributed by atoms with E-state index in [1.165, 1.54) is 44.0 Å². The van der Waals surface area contributed by atoms with Gasteiger partial charge in [-0.05, 0) is 89.9 Å². The predicted molar refractivity (Wildman–Crippen MR) is 98.8 cm³/mol. The third-order valence-corrected chi connectivity index (χ3v) is 9.00. The zero-order valence-corrected chi connectivity index (χ0v) is 15.8. The van der Waals surface area contributed by atoms with Crippen LogP contribution in [-0.2, 0) is 11.2 Å². The number of carbonyl (C=O) groups is 1. The molecule has 4 aliphatic carbocycles. The number of aldehydes is 1. The van der Waals surface area contributed by atoms with E-state index in [-0.39, 0.29) is 5.41 Å². The van der Waals surface area contributed by atoms with Crippen LogP contribution in [0.1, 0.15) is 63.0 Å². The summed E-state index contributed by atoms with van der Waals surface area (Å²) in [4.78, 5) is 11.8. The lowest BCUT2D eigenvalue weighted by atomic mass is 9.48. The predicted octanol–water partition coefficient (Wildman–Crippen LogP) is 5.00. The Balaban J connectivity index is 1.61. The van der Waals surface area contributed by atoms with E-state index in [1.54, 1.807) is 12.7 Å². The van der Waals surface area contributed by atoms with Crippen LogP contribution >= 0.6 is 0 Å². The Morgan fingerprint density at radius 2 is 2.20 bits per heavy atom. The molecule has 0 heterocycles. The van der Waals surface area contributed by atoms with E-state index < -0.39 is 0 Å². The van der Waals surface area contributed by atoms with Crippen LogP contribution in [0.5, 0.6) is 5.75 Å². The fraction of sp³-hybridized carbons (Fsp3) is 0.696. The average Bonchev–Trinajstić information content (AvgIpc) is 3.30. The molecule has 3 fully saturated rings. The van der Waals surface area contributed by atoms with Crippen LogP contribution in [0.2, 0.25) is 0 Å². The maximum absolute atomic E-state index is 11.8. The lowest BCUT2D eigenvalue weighted by molar-refractivity contribution is -0.119. The summed E-state index contributed by atoms with van der Waals surface area (Å²) < 4.78 is 5.49. The average molecular weight is 338 g/mol. The van der Waals surface area contributed by atoms with Gasteiger partial charge in [0.2, 0.25) is 0 Å². The van der Waals surface area contributed by atoms with Gasteiger partial charge in [-0.25, -0.2) is 0 Å². The molecule has 134 valence electrons. The second-order valence-electron chi connectivity index (χ2n) is 9.45. The highest BCUT2D eigenvalue weighted by molar-refractivity contribution is 5.59. The van der Waals surface area contributed by atoms with Gasteiger partial charge in [0.25, 0.3) is 0 Å². The van der Waals surface area contributed by atoms with Gasteiger partial charge in [0.1, 0.15) is 12.0 Å². The SMILES string of the molecule is CC[C@@H]1Cc2cc(OC)ccc2[C@H]2CC[C@]3(C)[C@H](C=O)C[C@@H]4C[C@]43[C@H]12. The molecular formula is C23H30O2. The first-order valence-corrected chi connectivity index (χ1v) is 10.2. The molecule has 0 aliphatic heterocycles. The smallest absolute Gasteiger partial charge is 0.123 e. The van der Waals surface area contributed by atoms with E-state index in [4.69, 9.17) is 4.74 Å². The van der Waals surface area contributed by atoms with Gasteiger partial charge in [-0.2, -0.15) is 0 Å². The van der Waals surface area contributed by atoms with Crippen molar-refractivity contribution in [2.45, 2.75) is 58.3 Å². The Morgan fingerprint density at radius 3 is 2.92 bits per heavy atom. The summed E-state index contributed by atoms with van der Waals surface area (Å²) >= 11 is 0. The van der Waals surface area contributed by atoms with Gasteiger partial charge in [-0.15, -0.1) is 0 Å². The first-order valence-electron chi connectivity index (χ1n) is 10.2. The van der Waals surface area contributed by atoms with Crippen molar-refractivity contribution in [3.05, 3.63) is 29.3 Å². The highest BCUT2D eigenvalue weighted by Gasteiger charge is 2.77. The molecule has 1 aromatic rings. The second kappa shape index (κ2) is 5.11. The standard InChI is InChI=1S/C23H30O2/c1-4-14-9-15-10-18(25-3)5-6-19(15)20-7-8-22(2)17(13-24)11-16-12-23(16,22)21(14)20/h5-6,10,13-14,16-17,20-21H,4,7-9,11-12H2,1-3H3/t14-,16-,17+,20-,21-,22-,23-/m1/s1. The number of benzene rings is 1. The minimum absolute atomic E-state index is 0.262. The zero-order chi connectivity index (χ0) is 17.4. The number of hydrogen-bond donors (Lipinski definition) is 0. The van der Waals surface area contributed by atoms with Crippen LogP contribution in [0, 0.1) is 34.5 Å². The van der Waals surface area contributed by atoms with Gasteiger partial charge in [0, 0.05) is 5.92 Å². The van der Waals surface area contributed by atoms with E-state index in [9.17, 15) is 4.79 Å². The molecule has 4 aliphatic rings. The van der Waals surface area contributed by atoms with Crippen molar-refractivity contribution < 1.29 is 9.53 Å². The largest absolute Gasteiger partial charge is 0.497 e. The minimum atomic E-state index is 0.262. The molecule has 1 aromatic carbocycles. The maximum Gasteiger partial charge on any atom is 0.123 e. The van der Waals surface area contributed by atoms with Crippen LogP contribution in [0.15, 0.2) is 18.2 Å². The number of fused-ring (bicyclic) bond motifs is 3. The Bertz CT molecular complexity index is 725. The van der Waals surface area contributed by atoms with Gasteiger partial charge in [0.05, 0.1) is 7.11 Å². The third kappa shape index (κ3) is 1.79. The Labute approximate surface area is 151 Å². The molecule has 25 heavy (non-hydrogen) atoms. The van der Waals surface area contributed by atoms with Crippen LogP contribution in [0.4, 0.5) is 0 Å². The number of hydrogen-bond acceptors (Lipinski definition) is 2. The summed E-state index contributed by atoms with van der Waals surface area (Å²) in [5.41, 5.74) is 3.83. The van der Waals surface area contributed by atoms with Crippen molar-refractivity contribution in [3.63, 3.8) is 0 Å². The molecule has 0 N–H and O–H groups in total.